The summed E-state index contributed by atoms with van der Waals surface area (Å²) in [5.41, 5.74) is 2.96. The third-order valence-electron chi connectivity index (χ3n) is 4.89. The van der Waals surface area contributed by atoms with Crippen LogP contribution in [-0.2, 0) is 5.41 Å². The number of ether oxygens (including phenoxy) is 2. The van der Waals surface area contributed by atoms with Gasteiger partial charge in [0.15, 0.2) is 11.5 Å². The van der Waals surface area contributed by atoms with Gasteiger partial charge in [0.05, 0.1) is 19.6 Å². The highest BCUT2D eigenvalue weighted by atomic mass is 16.5. The lowest BCUT2D eigenvalue weighted by Gasteiger charge is -2.34. The lowest BCUT2D eigenvalue weighted by molar-refractivity contribution is 0.349. The minimum atomic E-state index is -0.474. The number of para-hydroxylation sites is 1. The van der Waals surface area contributed by atoms with Crippen LogP contribution in [0.2, 0.25) is 0 Å². The van der Waals surface area contributed by atoms with E-state index in [1.165, 1.54) is 11.1 Å². The Kier molecular flexibility index (Phi) is 5.97. The van der Waals surface area contributed by atoms with Crippen molar-refractivity contribution in [2.24, 2.45) is 0 Å². The smallest absolute Gasteiger partial charge is 0.165 e. The summed E-state index contributed by atoms with van der Waals surface area (Å²) in [5, 5.41) is 0. The molecule has 0 amide bonds. The van der Waals surface area contributed by atoms with E-state index in [4.69, 9.17) is 9.47 Å². The molecular formula is C25H26O2. The average molecular weight is 358 g/mol. The van der Waals surface area contributed by atoms with Crippen molar-refractivity contribution in [2.75, 3.05) is 14.2 Å². The predicted molar refractivity (Wildman–Crippen MR) is 112 cm³/mol. The van der Waals surface area contributed by atoms with Gasteiger partial charge in [-0.15, -0.1) is 0 Å². The molecule has 0 heterocycles. The molecule has 3 aromatic carbocycles. The summed E-state index contributed by atoms with van der Waals surface area (Å²) < 4.78 is 11.4. The van der Waals surface area contributed by atoms with Crippen LogP contribution in [0, 0.1) is 0 Å². The topological polar surface area (TPSA) is 18.5 Å². The van der Waals surface area contributed by atoms with E-state index in [0.717, 1.165) is 23.5 Å². The van der Waals surface area contributed by atoms with Crippen LogP contribution in [0.15, 0.2) is 91.0 Å². The molecule has 0 spiro atoms. The Balaban J connectivity index is 2.43. The molecule has 0 radical (unpaired) electrons. The van der Waals surface area contributed by atoms with Gasteiger partial charge in [-0.05, 0) is 23.6 Å². The van der Waals surface area contributed by atoms with Crippen molar-refractivity contribution in [2.45, 2.75) is 18.8 Å². The summed E-state index contributed by atoms with van der Waals surface area (Å²) >= 11 is 0. The standard InChI is InChI=1S/C25H26O2/c1-4-5-19-25(20-13-8-6-9-14-20,21-15-10-7-11-16-21)22-17-12-18-23(26-2)24(22)27-3/h5-19H,4H2,1-3H3. The van der Waals surface area contributed by atoms with Crippen molar-refractivity contribution in [3.05, 3.63) is 108 Å². The van der Waals surface area contributed by atoms with Gasteiger partial charge >= 0.3 is 0 Å². The van der Waals surface area contributed by atoms with Gasteiger partial charge in [0.1, 0.15) is 0 Å². The largest absolute Gasteiger partial charge is 0.493 e. The summed E-state index contributed by atoms with van der Waals surface area (Å²) in [6, 6.07) is 27.2. The molecule has 0 N–H and O–H groups in total. The van der Waals surface area contributed by atoms with Gasteiger partial charge in [-0.1, -0.05) is 91.9 Å². The molecule has 2 nitrogen and oxygen atoms in total. The fourth-order valence-electron chi connectivity index (χ4n) is 3.65. The van der Waals surface area contributed by atoms with Crippen LogP contribution in [0.3, 0.4) is 0 Å². The maximum atomic E-state index is 5.84. The molecule has 2 heteroatoms. The normalized spacial score (nSPS) is 11.5. The summed E-state index contributed by atoms with van der Waals surface area (Å²) in [6.45, 7) is 2.15. The van der Waals surface area contributed by atoms with Gasteiger partial charge in [-0.3, -0.25) is 0 Å². The minimum absolute atomic E-state index is 0.474. The first-order valence-corrected chi connectivity index (χ1v) is 9.28. The van der Waals surface area contributed by atoms with Gasteiger partial charge in [0.2, 0.25) is 0 Å². The molecule has 0 atom stereocenters. The number of rotatable bonds is 7. The van der Waals surface area contributed by atoms with E-state index >= 15 is 0 Å². The first-order valence-electron chi connectivity index (χ1n) is 9.28. The van der Waals surface area contributed by atoms with Crippen molar-refractivity contribution in [1.82, 2.24) is 0 Å². The first-order chi connectivity index (χ1) is 13.3. The highest BCUT2D eigenvalue weighted by Crippen LogP contribution is 2.47. The van der Waals surface area contributed by atoms with E-state index in [1.807, 2.05) is 24.3 Å². The molecule has 0 unspecified atom stereocenters. The Labute approximate surface area is 162 Å². The Morgan fingerprint density at radius 1 is 0.741 bits per heavy atom. The minimum Gasteiger partial charge on any atom is -0.493 e. The number of hydrogen-bond donors (Lipinski definition) is 0. The van der Waals surface area contributed by atoms with Crippen molar-refractivity contribution >= 4 is 0 Å². The van der Waals surface area contributed by atoms with E-state index in [0.29, 0.717) is 0 Å². The van der Waals surface area contributed by atoms with Crippen LogP contribution in [0.4, 0.5) is 0 Å². The molecule has 27 heavy (non-hydrogen) atoms. The summed E-state index contributed by atoms with van der Waals surface area (Å²) in [7, 11) is 3.38. The van der Waals surface area contributed by atoms with Crippen LogP contribution < -0.4 is 9.47 Å². The number of benzene rings is 3. The van der Waals surface area contributed by atoms with Gasteiger partial charge in [-0.2, -0.15) is 0 Å². The van der Waals surface area contributed by atoms with E-state index < -0.39 is 5.41 Å². The van der Waals surface area contributed by atoms with Gasteiger partial charge in [0, 0.05) is 5.56 Å². The second-order valence-electron chi connectivity index (χ2n) is 6.39. The lowest BCUT2D eigenvalue weighted by atomic mass is 9.68. The Morgan fingerprint density at radius 3 is 1.81 bits per heavy atom. The highest BCUT2D eigenvalue weighted by molar-refractivity contribution is 5.62. The van der Waals surface area contributed by atoms with Crippen molar-refractivity contribution in [3.8, 4) is 11.5 Å². The summed E-state index contributed by atoms with van der Waals surface area (Å²) in [5.74, 6) is 1.49. The maximum Gasteiger partial charge on any atom is 0.165 e. The summed E-state index contributed by atoms with van der Waals surface area (Å²) in [6.07, 6.45) is 5.46. The van der Waals surface area contributed by atoms with Crippen LogP contribution in [0.5, 0.6) is 11.5 Å². The van der Waals surface area contributed by atoms with Crippen LogP contribution in [0.25, 0.3) is 0 Å². The monoisotopic (exact) mass is 358 g/mol. The molecule has 0 aliphatic rings. The first kappa shape index (κ1) is 18.8. The molecule has 0 bridgehead atoms. The zero-order valence-electron chi connectivity index (χ0n) is 16.2. The summed E-state index contributed by atoms with van der Waals surface area (Å²) in [4.78, 5) is 0. The molecule has 0 saturated heterocycles. The fraction of sp³-hybridized carbons (Fsp3) is 0.200. The third-order valence-corrected chi connectivity index (χ3v) is 4.89. The molecule has 0 aromatic heterocycles. The Hall–Kier alpha value is -3.00. The number of allylic oxidation sites excluding steroid dienone is 2. The van der Waals surface area contributed by atoms with E-state index in [-0.39, 0.29) is 0 Å². The molecular weight excluding hydrogens is 332 g/mol. The molecule has 3 rings (SSSR count). The van der Waals surface area contributed by atoms with Crippen molar-refractivity contribution in [1.29, 1.82) is 0 Å². The van der Waals surface area contributed by atoms with Gasteiger partial charge in [-0.25, -0.2) is 0 Å². The van der Waals surface area contributed by atoms with E-state index in [9.17, 15) is 0 Å². The third kappa shape index (κ3) is 3.48. The highest BCUT2D eigenvalue weighted by Gasteiger charge is 2.37. The fourth-order valence-corrected chi connectivity index (χ4v) is 3.65. The quantitative estimate of drug-likeness (QED) is 0.381. The van der Waals surface area contributed by atoms with Crippen molar-refractivity contribution in [3.63, 3.8) is 0 Å². The van der Waals surface area contributed by atoms with Gasteiger partial charge < -0.3 is 9.47 Å². The Bertz CT molecular complexity index is 843. The van der Waals surface area contributed by atoms with Crippen LogP contribution in [-0.4, -0.2) is 14.2 Å². The van der Waals surface area contributed by atoms with Gasteiger partial charge in [0.25, 0.3) is 0 Å². The molecule has 0 aliphatic heterocycles. The average Bonchev–Trinajstić information content (AvgIpc) is 2.75. The molecule has 0 fully saturated rings. The van der Waals surface area contributed by atoms with Crippen molar-refractivity contribution < 1.29 is 9.47 Å². The van der Waals surface area contributed by atoms with E-state index in [1.54, 1.807) is 14.2 Å². The van der Waals surface area contributed by atoms with Crippen LogP contribution >= 0.6 is 0 Å². The van der Waals surface area contributed by atoms with Crippen LogP contribution in [0.1, 0.15) is 30.0 Å². The SMILES string of the molecule is CCC=CC(c1ccccc1)(c1ccccc1)c1cccc(OC)c1OC. The molecule has 0 saturated carbocycles. The molecule has 0 aliphatic carbocycles. The second kappa shape index (κ2) is 8.59. The number of hydrogen-bond acceptors (Lipinski definition) is 2. The van der Waals surface area contributed by atoms with E-state index in [2.05, 4.69) is 73.7 Å². The maximum absolute atomic E-state index is 5.84. The zero-order chi connectivity index (χ0) is 19.1. The molecule has 138 valence electrons. The molecule has 3 aromatic rings. The Morgan fingerprint density at radius 2 is 1.33 bits per heavy atom. The second-order valence-corrected chi connectivity index (χ2v) is 6.39. The zero-order valence-corrected chi connectivity index (χ0v) is 16.2. The number of methoxy groups -OCH3 is 2. The lowest BCUT2D eigenvalue weighted by Crippen LogP contribution is -2.28. The predicted octanol–water partition coefficient (Wildman–Crippen LogP) is 6.00.